The molecule has 3 aromatic carbocycles. The molecule has 1 aliphatic rings. The van der Waals surface area contributed by atoms with Crippen LogP contribution >= 0.6 is 0 Å². The number of aliphatic hydroxyl groups excluding tert-OH is 1. The fourth-order valence-electron chi connectivity index (χ4n) is 5.48. The zero-order valence-electron chi connectivity index (χ0n) is 22.1. The van der Waals surface area contributed by atoms with Gasteiger partial charge in [0.15, 0.2) is 0 Å². The van der Waals surface area contributed by atoms with E-state index in [1.165, 1.54) is 12.1 Å². The standard InChI is InChI=1S/C30H36FNO4Si/c1-21-20-32(28(33)29(34)35-21)27(23-16-18-24(31)19-17-23)22(2)36-37(30(3,4)5,25-12-8-6-9-13-25)26-14-10-7-11-15-26/h6-19,21-22,27,29,34H,20H2,1-5H3/t21?,22-,27+,29+/m1/s1. The van der Waals surface area contributed by atoms with Crippen LogP contribution in [-0.4, -0.2) is 49.3 Å². The first-order valence-corrected chi connectivity index (χ1v) is 14.6. The summed E-state index contributed by atoms with van der Waals surface area (Å²) in [5, 5.41) is 12.3. The molecule has 0 bridgehead atoms. The molecule has 0 spiro atoms. The molecule has 1 unspecified atom stereocenters. The summed E-state index contributed by atoms with van der Waals surface area (Å²) in [5.41, 5.74) is 0.737. The van der Waals surface area contributed by atoms with Gasteiger partial charge in [0.1, 0.15) is 5.82 Å². The van der Waals surface area contributed by atoms with Gasteiger partial charge in [-0.05, 0) is 47.0 Å². The molecule has 0 radical (unpaired) electrons. The van der Waals surface area contributed by atoms with Crippen LogP contribution in [0, 0.1) is 5.82 Å². The van der Waals surface area contributed by atoms with Crippen molar-refractivity contribution in [1.82, 2.24) is 4.90 Å². The molecule has 3 aromatic rings. The monoisotopic (exact) mass is 521 g/mol. The van der Waals surface area contributed by atoms with Crippen molar-refractivity contribution in [3.8, 4) is 0 Å². The predicted molar refractivity (Wildman–Crippen MR) is 146 cm³/mol. The van der Waals surface area contributed by atoms with Crippen molar-refractivity contribution in [2.24, 2.45) is 0 Å². The summed E-state index contributed by atoms with van der Waals surface area (Å²) in [5.74, 6) is -0.880. The number of aliphatic hydroxyl groups is 1. The molecule has 0 aliphatic carbocycles. The number of morpholine rings is 1. The van der Waals surface area contributed by atoms with Crippen LogP contribution in [0.5, 0.6) is 0 Å². The molecule has 5 nitrogen and oxygen atoms in total. The largest absolute Gasteiger partial charge is 0.402 e. The zero-order valence-corrected chi connectivity index (χ0v) is 23.1. The van der Waals surface area contributed by atoms with Crippen LogP contribution in [0.2, 0.25) is 5.04 Å². The van der Waals surface area contributed by atoms with Crippen LogP contribution in [0.15, 0.2) is 84.9 Å². The number of carbonyl (C=O) groups is 1. The van der Waals surface area contributed by atoms with E-state index in [0.29, 0.717) is 0 Å². The Morgan fingerprint density at radius 3 is 1.97 bits per heavy atom. The lowest BCUT2D eigenvalue weighted by molar-refractivity contribution is -0.203. The summed E-state index contributed by atoms with van der Waals surface area (Å²) >= 11 is 0. The van der Waals surface area contributed by atoms with E-state index in [0.717, 1.165) is 15.9 Å². The molecule has 1 N–H and O–H groups in total. The Balaban J connectivity index is 1.87. The molecule has 1 heterocycles. The molecule has 7 heteroatoms. The minimum atomic E-state index is -2.94. The van der Waals surface area contributed by atoms with E-state index in [2.05, 4.69) is 45.0 Å². The third kappa shape index (κ3) is 5.41. The number of hydrogen-bond acceptors (Lipinski definition) is 4. The predicted octanol–water partition coefficient (Wildman–Crippen LogP) is 4.40. The topological polar surface area (TPSA) is 59.0 Å². The molecule has 4 atom stereocenters. The van der Waals surface area contributed by atoms with Gasteiger partial charge < -0.3 is 19.2 Å². The van der Waals surface area contributed by atoms with Gasteiger partial charge in [-0.2, -0.15) is 0 Å². The fourth-order valence-corrected chi connectivity index (χ4v) is 10.2. The van der Waals surface area contributed by atoms with E-state index < -0.39 is 32.7 Å². The number of carbonyl (C=O) groups excluding carboxylic acids is 1. The van der Waals surface area contributed by atoms with Gasteiger partial charge in [0.25, 0.3) is 14.2 Å². The van der Waals surface area contributed by atoms with Crippen molar-refractivity contribution in [3.63, 3.8) is 0 Å². The molecule has 0 aromatic heterocycles. The van der Waals surface area contributed by atoms with Gasteiger partial charge in [-0.15, -0.1) is 0 Å². The molecule has 37 heavy (non-hydrogen) atoms. The Morgan fingerprint density at radius 2 is 1.49 bits per heavy atom. The fraction of sp³-hybridized carbons (Fsp3) is 0.367. The van der Waals surface area contributed by atoms with Crippen LogP contribution in [0.1, 0.15) is 46.2 Å². The molecule has 1 amide bonds. The highest BCUT2D eigenvalue weighted by Crippen LogP contribution is 2.40. The van der Waals surface area contributed by atoms with E-state index in [1.54, 1.807) is 17.0 Å². The minimum Gasteiger partial charge on any atom is -0.402 e. The summed E-state index contributed by atoms with van der Waals surface area (Å²) in [7, 11) is -2.94. The molecule has 196 valence electrons. The summed E-state index contributed by atoms with van der Waals surface area (Å²) < 4.78 is 26.6. The number of nitrogens with zero attached hydrogens (tertiary/aromatic N) is 1. The van der Waals surface area contributed by atoms with Crippen molar-refractivity contribution in [2.75, 3.05) is 6.54 Å². The summed E-state index contributed by atoms with van der Waals surface area (Å²) in [6.07, 6.45) is -2.40. The molecule has 1 aliphatic heterocycles. The maximum Gasteiger partial charge on any atom is 0.280 e. The molecule has 4 rings (SSSR count). The quantitative estimate of drug-likeness (QED) is 0.469. The van der Waals surface area contributed by atoms with E-state index in [4.69, 9.17) is 9.16 Å². The Morgan fingerprint density at radius 1 is 0.973 bits per heavy atom. The number of benzene rings is 3. The Hall–Kier alpha value is -2.84. The van der Waals surface area contributed by atoms with Crippen molar-refractivity contribution in [3.05, 3.63) is 96.3 Å². The smallest absolute Gasteiger partial charge is 0.280 e. The summed E-state index contributed by atoms with van der Waals surface area (Å²) in [6.45, 7) is 10.7. The number of rotatable bonds is 7. The maximum absolute atomic E-state index is 13.9. The second-order valence-corrected chi connectivity index (χ2v) is 15.0. The van der Waals surface area contributed by atoms with Crippen molar-refractivity contribution < 1.29 is 23.5 Å². The number of ether oxygens (including phenoxy) is 1. The SMILES string of the molecule is CC1CN([C@H](c2ccc(F)cc2)[C@@H](C)O[Si](c2ccccc2)(c2ccccc2)C(C)(C)C)C(=O)[C@@H](O)O1. The van der Waals surface area contributed by atoms with Crippen LogP contribution in [0.3, 0.4) is 0 Å². The van der Waals surface area contributed by atoms with Gasteiger partial charge in [0.05, 0.1) is 18.2 Å². The second-order valence-electron chi connectivity index (χ2n) is 10.8. The average Bonchev–Trinajstić information content (AvgIpc) is 2.87. The van der Waals surface area contributed by atoms with Crippen LogP contribution in [0.25, 0.3) is 0 Å². The normalized spacial score (nSPS) is 20.5. The highest BCUT2D eigenvalue weighted by molar-refractivity contribution is 6.99. The van der Waals surface area contributed by atoms with Crippen molar-refractivity contribution in [2.45, 2.75) is 64.2 Å². The van der Waals surface area contributed by atoms with Gasteiger partial charge >= 0.3 is 0 Å². The molecule has 0 saturated carbocycles. The Bertz CT molecular complexity index is 1140. The first-order valence-electron chi connectivity index (χ1n) is 12.7. The Labute approximate surface area is 220 Å². The second kappa shape index (κ2) is 10.9. The first-order chi connectivity index (χ1) is 17.5. The lowest BCUT2D eigenvalue weighted by atomic mass is 9.99. The van der Waals surface area contributed by atoms with Crippen LogP contribution in [-0.2, 0) is 14.0 Å². The third-order valence-electron chi connectivity index (χ3n) is 7.08. The first kappa shape index (κ1) is 27.2. The number of hydrogen-bond donors (Lipinski definition) is 1. The van der Waals surface area contributed by atoms with Gasteiger partial charge in [-0.1, -0.05) is 93.6 Å². The van der Waals surface area contributed by atoms with E-state index in [-0.39, 0.29) is 23.5 Å². The molecular formula is C30H36FNO4Si. The highest BCUT2D eigenvalue weighted by Gasteiger charge is 2.52. The maximum atomic E-state index is 13.9. The highest BCUT2D eigenvalue weighted by atomic mass is 28.4. The van der Waals surface area contributed by atoms with Gasteiger partial charge in [-0.3, -0.25) is 4.79 Å². The minimum absolute atomic E-state index is 0.265. The van der Waals surface area contributed by atoms with E-state index in [1.807, 2.05) is 50.2 Å². The molecule has 1 saturated heterocycles. The number of halogens is 1. The molecule has 1 fully saturated rings. The van der Waals surface area contributed by atoms with E-state index in [9.17, 15) is 14.3 Å². The Kier molecular flexibility index (Phi) is 7.99. The van der Waals surface area contributed by atoms with Crippen LogP contribution in [0.4, 0.5) is 4.39 Å². The van der Waals surface area contributed by atoms with Gasteiger partial charge in [0, 0.05) is 6.54 Å². The average molecular weight is 522 g/mol. The lowest BCUT2D eigenvalue weighted by Gasteiger charge is -2.48. The van der Waals surface area contributed by atoms with Gasteiger partial charge in [-0.25, -0.2) is 4.39 Å². The van der Waals surface area contributed by atoms with Crippen LogP contribution < -0.4 is 10.4 Å². The zero-order chi connectivity index (χ0) is 26.8. The summed E-state index contributed by atoms with van der Waals surface area (Å²) in [6, 6.07) is 26.2. The van der Waals surface area contributed by atoms with Crippen molar-refractivity contribution in [1.29, 1.82) is 0 Å². The lowest BCUT2D eigenvalue weighted by Crippen LogP contribution is -2.68. The number of amides is 1. The third-order valence-corrected chi connectivity index (χ3v) is 12.2. The van der Waals surface area contributed by atoms with E-state index >= 15 is 0 Å². The molecular weight excluding hydrogens is 485 g/mol. The van der Waals surface area contributed by atoms with Crippen molar-refractivity contribution >= 4 is 24.6 Å². The summed E-state index contributed by atoms with van der Waals surface area (Å²) in [4.78, 5) is 14.8. The van der Waals surface area contributed by atoms with Gasteiger partial charge in [0.2, 0.25) is 6.29 Å².